The number of ether oxygens (including phenoxy) is 1. The molecular formula is C14H20ClNO2. The zero-order chi connectivity index (χ0) is 13.8. The van der Waals surface area contributed by atoms with Crippen LogP contribution in [0.1, 0.15) is 26.3 Å². The minimum Gasteiger partial charge on any atom is -0.444 e. The molecule has 0 unspecified atom stereocenters. The van der Waals surface area contributed by atoms with E-state index >= 15 is 0 Å². The topological polar surface area (TPSA) is 29.5 Å². The van der Waals surface area contributed by atoms with Gasteiger partial charge in [-0.3, -0.25) is 0 Å². The molecule has 100 valence electrons. The fourth-order valence-corrected chi connectivity index (χ4v) is 1.51. The first kappa shape index (κ1) is 14.8. The average Bonchev–Trinajstić information content (AvgIpc) is 2.25. The summed E-state index contributed by atoms with van der Waals surface area (Å²) >= 11 is 5.81. The summed E-state index contributed by atoms with van der Waals surface area (Å²) in [5, 5.41) is 0.722. The van der Waals surface area contributed by atoms with Crippen LogP contribution < -0.4 is 0 Å². The van der Waals surface area contributed by atoms with Crippen LogP contribution in [0.5, 0.6) is 0 Å². The summed E-state index contributed by atoms with van der Waals surface area (Å²) in [6.07, 6.45) is 0.490. The Morgan fingerprint density at radius 1 is 1.28 bits per heavy atom. The van der Waals surface area contributed by atoms with Crippen molar-refractivity contribution in [3.8, 4) is 0 Å². The van der Waals surface area contributed by atoms with Gasteiger partial charge in [-0.15, -0.1) is 0 Å². The SMILES string of the molecule is CN(CCc1ccc(Cl)cc1)C(=O)OC(C)(C)C. The van der Waals surface area contributed by atoms with Crippen molar-refractivity contribution in [3.63, 3.8) is 0 Å². The van der Waals surface area contributed by atoms with Crippen LogP contribution >= 0.6 is 11.6 Å². The van der Waals surface area contributed by atoms with Gasteiger partial charge in [0.05, 0.1) is 0 Å². The summed E-state index contributed by atoms with van der Waals surface area (Å²) in [6, 6.07) is 7.63. The molecule has 1 rings (SSSR count). The van der Waals surface area contributed by atoms with Gasteiger partial charge in [0.25, 0.3) is 0 Å². The summed E-state index contributed by atoms with van der Waals surface area (Å²) in [7, 11) is 1.74. The van der Waals surface area contributed by atoms with E-state index in [4.69, 9.17) is 16.3 Å². The van der Waals surface area contributed by atoms with E-state index in [0.717, 1.165) is 17.0 Å². The third-order valence-electron chi connectivity index (χ3n) is 2.35. The van der Waals surface area contributed by atoms with Crippen LogP contribution in [0.25, 0.3) is 0 Å². The molecule has 0 heterocycles. The van der Waals surface area contributed by atoms with Gasteiger partial charge in [0.2, 0.25) is 0 Å². The fraction of sp³-hybridized carbons (Fsp3) is 0.500. The van der Waals surface area contributed by atoms with Crippen molar-refractivity contribution in [2.75, 3.05) is 13.6 Å². The lowest BCUT2D eigenvalue weighted by atomic mass is 10.1. The highest BCUT2D eigenvalue weighted by Crippen LogP contribution is 2.12. The molecule has 1 aromatic rings. The third-order valence-corrected chi connectivity index (χ3v) is 2.61. The number of hydrogen-bond acceptors (Lipinski definition) is 2. The van der Waals surface area contributed by atoms with Crippen molar-refractivity contribution >= 4 is 17.7 Å². The Morgan fingerprint density at radius 2 is 1.83 bits per heavy atom. The molecular weight excluding hydrogens is 250 g/mol. The normalized spacial score (nSPS) is 11.2. The Labute approximate surface area is 114 Å². The molecule has 0 aliphatic rings. The van der Waals surface area contributed by atoms with Crippen molar-refractivity contribution in [2.45, 2.75) is 32.8 Å². The Hall–Kier alpha value is -1.22. The molecule has 1 aromatic carbocycles. The second-order valence-corrected chi connectivity index (χ2v) is 5.71. The fourth-order valence-electron chi connectivity index (χ4n) is 1.38. The number of hydrogen-bond donors (Lipinski definition) is 0. The molecule has 0 atom stereocenters. The van der Waals surface area contributed by atoms with Gasteiger partial charge < -0.3 is 9.64 Å². The molecule has 3 nitrogen and oxygen atoms in total. The van der Waals surface area contributed by atoms with E-state index in [1.165, 1.54) is 0 Å². The maximum absolute atomic E-state index is 11.7. The highest BCUT2D eigenvalue weighted by Gasteiger charge is 2.19. The molecule has 0 fully saturated rings. The number of carbonyl (C=O) groups is 1. The van der Waals surface area contributed by atoms with Crippen LogP contribution in [-0.2, 0) is 11.2 Å². The van der Waals surface area contributed by atoms with Gasteiger partial charge in [0, 0.05) is 18.6 Å². The number of rotatable bonds is 3. The zero-order valence-electron chi connectivity index (χ0n) is 11.4. The van der Waals surface area contributed by atoms with Crippen LogP contribution in [0.4, 0.5) is 4.79 Å². The lowest BCUT2D eigenvalue weighted by molar-refractivity contribution is 0.0301. The third kappa shape index (κ3) is 5.41. The Balaban J connectivity index is 2.43. The van der Waals surface area contributed by atoms with Crippen molar-refractivity contribution in [1.29, 1.82) is 0 Å². The zero-order valence-corrected chi connectivity index (χ0v) is 12.1. The van der Waals surface area contributed by atoms with Gasteiger partial charge in [-0.1, -0.05) is 23.7 Å². The molecule has 1 amide bonds. The molecule has 0 aliphatic carbocycles. The molecule has 0 spiro atoms. The van der Waals surface area contributed by atoms with E-state index in [-0.39, 0.29) is 6.09 Å². The molecule has 0 aromatic heterocycles. The Bertz CT molecular complexity index is 395. The molecule has 0 bridgehead atoms. The van der Waals surface area contributed by atoms with Crippen molar-refractivity contribution < 1.29 is 9.53 Å². The maximum atomic E-state index is 11.7. The van der Waals surface area contributed by atoms with Crippen molar-refractivity contribution in [1.82, 2.24) is 4.90 Å². The quantitative estimate of drug-likeness (QED) is 0.836. The van der Waals surface area contributed by atoms with Crippen LogP contribution in [0, 0.1) is 0 Å². The van der Waals surface area contributed by atoms with Crippen molar-refractivity contribution in [2.24, 2.45) is 0 Å². The average molecular weight is 270 g/mol. The first-order valence-electron chi connectivity index (χ1n) is 5.96. The smallest absolute Gasteiger partial charge is 0.410 e. The molecule has 0 N–H and O–H groups in total. The number of nitrogens with zero attached hydrogens (tertiary/aromatic N) is 1. The molecule has 0 aliphatic heterocycles. The van der Waals surface area contributed by atoms with E-state index in [2.05, 4.69) is 0 Å². The van der Waals surface area contributed by atoms with Crippen molar-refractivity contribution in [3.05, 3.63) is 34.9 Å². The predicted molar refractivity (Wildman–Crippen MR) is 74.0 cm³/mol. The van der Waals surface area contributed by atoms with Gasteiger partial charge in [-0.2, -0.15) is 0 Å². The molecule has 18 heavy (non-hydrogen) atoms. The lowest BCUT2D eigenvalue weighted by Gasteiger charge is -2.24. The van der Waals surface area contributed by atoms with E-state index in [0.29, 0.717) is 6.54 Å². The Morgan fingerprint density at radius 3 is 2.33 bits per heavy atom. The van der Waals surface area contributed by atoms with Crippen LogP contribution in [0.3, 0.4) is 0 Å². The van der Waals surface area contributed by atoms with Crippen LogP contribution in [-0.4, -0.2) is 30.2 Å². The first-order valence-corrected chi connectivity index (χ1v) is 6.34. The van der Waals surface area contributed by atoms with Gasteiger partial charge in [-0.05, 0) is 44.9 Å². The molecule has 0 saturated carbocycles. The monoisotopic (exact) mass is 269 g/mol. The summed E-state index contributed by atoms with van der Waals surface area (Å²) in [5.74, 6) is 0. The molecule has 0 radical (unpaired) electrons. The largest absolute Gasteiger partial charge is 0.444 e. The van der Waals surface area contributed by atoms with Gasteiger partial charge in [-0.25, -0.2) is 4.79 Å². The number of amides is 1. The summed E-state index contributed by atoms with van der Waals surface area (Å²) in [6.45, 7) is 6.20. The van der Waals surface area contributed by atoms with Gasteiger partial charge >= 0.3 is 6.09 Å². The number of halogens is 1. The summed E-state index contributed by atoms with van der Waals surface area (Å²) < 4.78 is 5.27. The lowest BCUT2D eigenvalue weighted by Crippen LogP contribution is -2.35. The highest BCUT2D eigenvalue weighted by molar-refractivity contribution is 6.30. The Kier molecular flexibility index (Phi) is 5.03. The standard InChI is InChI=1S/C14H20ClNO2/c1-14(2,3)18-13(17)16(4)10-9-11-5-7-12(15)8-6-11/h5-8H,9-10H2,1-4H3. The van der Waals surface area contributed by atoms with Crippen LogP contribution in [0.2, 0.25) is 5.02 Å². The van der Waals surface area contributed by atoms with Gasteiger partial charge in [0.15, 0.2) is 0 Å². The van der Waals surface area contributed by atoms with E-state index in [1.54, 1.807) is 11.9 Å². The summed E-state index contributed by atoms with van der Waals surface area (Å²) in [5.41, 5.74) is 0.695. The summed E-state index contributed by atoms with van der Waals surface area (Å²) in [4.78, 5) is 13.3. The highest BCUT2D eigenvalue weighted by atomic mass is 35.5. The van der Waals surface area contributed by atoms with E-state index in [1.807, 2.05) is 45.0 Å². The molecule has 0 saturated heterocycles. The first-order chi connectivity index (χ1) is 8.28. The molecule has 4 heteroatoms. The van der Waals surface area contributed by atoms with Crippen LogP contribution in [0.15, 0.2) is 24.3 Å². The minimum absolute atomic E-state index is 0.295. The maximum Gasteiger partial charge on any atom is 0.410 e. The second kappa shape index (κ2) is 6.10. The van der Waals surface area contributed by atoms with Gasteiger partial charge in [0.1, 0.15) is 5.60 Å². The predicted octanol–water partition coefficient (Wildman–Crippen LogP) is 3.75. The second-order valence-electron chi connectivity index (χ2n) is 5.28. The van der Waals surface area contributed by atoms with E-state index < -0.39 is 5.60 Å². The van der Waals surface area contributed by atoms with E-state index in [9.17, 15) is 4.79 Å². The number of carbonyl (C=O) groups excluding carboxylic acids is 1. The minimum atomic E-state index is -0.453. The number of likely N-dealkylation sites (N-methyl/N-ethyl adjacent to an activating group) is 1. The number of benzene rings is 1.